The van der Waals surface area contributed by atoms with Crippen LogP contribution in [0.2, 0.25) is 10.0 Å². The third-order valence-corrected chi connectivity index (χ3v) is 3.24. The van der Waals surface area contributed by atoms with Crippen LogP contribution in [-0.2, 0) is 6.42 Å². The average Bonchev–Trinajstić information content (AvgIpc) is 2.35. The summed E-state index contributed by atoms with van der Waals surface area (Å²) in [6, 6.07) is 8.59. The number of hydrogen-bond donors (Lipinski definition) is 2. The van der Waals surface area contributed by atoms with Crippen molar-refractivity contribution in [3.05, 3.63) is 57.7 Å². The van der Waals surface area contributed by atoms with E-state index in [2.05, 4.69) is 4.98 Å². The van der Waals surface area contributed by atoms with E-state index in [0.717, 1.165) is 5.56 Å². The number of aliphatic hydroxyl groups is 1. The predicted molar refractivity (Wildman–Crippen MR) is 73.8 cm³/mol. The Bertz CT molecular complexity index is 560. The van der Waals surface area contributed by atoms with E-state index < -0.39 is 6.10 Å². The van der Waals surface area contributed by atoms with E-state index in [4.69, 9.17) is 28.9 Å². The van der Waals surface area contributed by atoms with Gasteiger partial charge in [0.25, 0.3) is 0 Å². The third-order valence-electron chi connectivity index (χ3n) is 2.66. The number of nitrogen functional groups attached to an aromatic ring is 1. The van der Waals surface area contributed by atoms with E-state index >= 15 is 0 Å². The van der Waals surface area contributed by atoms with Gasteiger partial charge in [0.2, 0.25) is 0 Å². The lowest BCUT2D eigenvalue weighted by Gasteiger charge is -2.14. The maximum atomic E-state index is 10.2. The van der Waals surface area contributed by atoms with Crippen LogP contribution in [0.4, 0.5) is 5.82 Å². The first-order valence-corrected chi connectivity index (χ1v) is 6.16. The lowest BCUT2D eigenvalue weighted by atomic mass is 10.0. The molecule has 0 aliphatic carbocycles. The smallest absolute Gasteiger partial charge is 0.126 e. The quantitative estimate of drug-likeness (QED) is 0.909. The van der Waals surface area contributed by atoms with Gasteiger partial charge in [0.1, 0.15) is 5.82 Å². The third kappa shape index (κ3) is 2.93. The Hall–Kier alpha value is -1.29. The highest BCUT2D eigenvalue weighted by molar-refractivity contribution is 6.33. The zero-order chi connectivity index (χ0) is 13.1. The molecule has 94 valence electrons. The Balaban J connectivity index is 2.25. The molecule has 3 nitrogen and oxygen atoms in total. The number of nitrogens with zero attached hydrogens (tertiary/aromatic N) is 1. The van der Waals surface area contributed by atoms with E-state index in [0.29, 0.717) is 27.8 Å². The van der Waals surface area contributed by atoms with Crippen LogP contribution >= 0.6 is 23.2 Å². The molecular weight excluding hydrogens is 271 g/mol. The topological polar surface area (TPSA) is 59.1 Å². The Morgan fingerprint density at radius 2 is 2.06 bits per heavy atom. The molecule has 0 bridgehead atoms. The van der Waals surface area contributed by atoms with Crippen LogP contribution in [0.3, 0.4) is 0 Å². The first kappa shape index (κ1) is 13.1. The second-order valence-electron chi connectivity index (χ2n) is 3.93. The number of aromatic nitrogens is 1. The second-order valence-corrected chi connectivity index (χ2v) is 4.78. The van der Waals surface area contributed by atoms with Gasteiger partial charge >= 0.3 is 0 Å². The fraction of sp³-hybridized carbons (Fsp3) is 0.154. The van der Waals surface area contributed by atoms with E-state index in [9.17, 15) is 5.11 Å². The van der Waals surface area contributed by atoms with Crippen LogP contribution in [0.5, 0.6) is 0 Å². The summed E-state index contributed by atoms with van der Waals surface area (Å²) in [6.45, 7) is 0. The Kier molecular flexibility index (Phi) is 4.07. The van der Waals surface area contributed by atoms with E-state index in [1.54, 1.807) is 30.5 Å². The molecule has 1 unspecified atom stereocenters. The molecule has 0 amide bonds. The summed E-state index contributed by atoms with van der Waals surface area (Å²) in [7, 11) is 0. The molecule has 3 N–H and O–H groups in total. The normalized spacial score (nSPS) is 12.4. The van der Waals surface area contributed by atoms with Crippen LogP contribution in [0.15, 0.2) is 36.5 Å². The monoisotopic (exact) mass is 282 g/mol. The summed E-state index contributed by atoms with van der Waals surface area (Å²) < 4.78 is 0. The molecule has 1 atom stereocenters. The Morgan fingerprint density at radius 3 is 2.78 bits per heavy atom. The van der Waals surface area contributed by atoms with Crippen LogP contribution in [-0.4, -0.2) is 10.1 Å². The van der Waals surface area contributed by atoms with Crippen molar-refractivity contribution in [1.29, 1.82) is 0 Å². The average molecular weight is 283 g/mol. The number of hydrogen-bond acceptors (Lipinski definition) is 3. The molecule has 2 aromatic rings. The zero-order valence-electron chi connectivity index (χ0n) is 9.48. The number of aliphatic hydroxyl groups excluding tert-OH is 1. The van der Waals surface area contributed by atoms with Crippen molar-refractivity contribution >= 4 is 29.0 Å². The van der Waals surface area contributed by atoms with Crippen molar-refractivity contribution in [2.75, 3.05) is 5.73 Å². The molecule has 0 saturated heterocycles. The van der Waals surface area contributed by atoms with Gasteiger partial charge in [0.15, 0.2) is 0 Å². The number of rotatable bonds is 3. The molecule has 0 spiro atoms. The van der Waals surface area contributed by atoms with Crippen molar-refractivity contribution in [2.45, 2.75) is 12.5 Å². The van der Waals surface area contributed by atoms with Gasteiger partial charge in [0.05, 0.1) is 6.10 Å². The maximum absolute atomic E-state index is 10.2. The summed E-state index contributed by atoms with van der Waals surface area (Å²) in [5.41, 5.74) is 7.10. The summed E-state index contributed by atoms with van der Waals surface area (Å²) in [5, 5.41) is 11.2. The Labute approximate surface area is 115 Å². The standard InChI is InChI=1S/C13H12Cl2N2O/c14-9-3-4-11(15)10(7-9)12(18)6-8-2-1-5-17-13(8)16/h1-5,7,12,18H,6H2,(H2,16,17). The van der Waals surface area contributed by atoms with Crippen LogP contribution in [0.1, 0.15) is 17.2 Å². The van der Waals surface area contributed by atoms with Gasteiger partial charge in [0, 0.05) is 28.2 Å². The fourth-order valence-electron chi connectivity index (χ4n) is 1.71. The van der Waals surface area contributed by atoms with Crippen molar-refractivity contribution in [1.82, 2.24) is 4.98 Å². The minimum Gasteiger partial charge on any atom is -0.388 e. The molecular formula is C13H12Cl2N2O. The molecule has 18 heavy (non-hydrogen) atoms. The number of halogens is 2. The highest BCUT2D eigenvalue weighted by atomic mass is 35.5. The van der Waals surface area contributed by atoms with Gasteiger partial charge in [-0.05, 0) is 29.8 Å². The number of pyridine rings is 1. The van der Waals surface area contributed by atoms with Crippen molar-refractivity contribution < 1.29 is 5.11 Å². The molecule has 1 aromatic carbocycles. The highest BCUT2D eigenvalue weighted by Gasteiger charge is 2.14. The van der Waals surface area contributed by atoms with Crippen LogP contribution < -0.4 is 5.73 Å². The molecule has 0 fully saturated rings. The molecule has 0 saturated carbocycles. The minimum absolute atomic E-state index is 0.347. The molecule has 5 heteroatoms. The SMILES string of the molecule is Nc1ncccc1CC(O)c1cc(Cl)ccc1Cl. The minimum atomic E-state index is -0.761. The maximum Gasteiger partial charge on any atom is 0.126 e. The van der Waals surface area contributed by atoms with Gasteiger partial charge in [-0.25, -0.2) is 4.98 Å². The summed E-state index contributed by atoms with van der Waals surface area (Å²) in [5.74, 6) is 0.412. The predicted octanol–water partition coefficient (Wildman–Crippen LogP) is 3.25. The summed E-state index contributed by atoms with van der Waals surface area (Å²) >= 11 is 11.9. The first-order chi connectivity index (χ1) is 8.58. The fourth-order valence-corrected chi connectivity index (χ4v) is 2.14. The van der Waals surface area contributed by atoms with Crippen LogP contribution in [0.25, 0.3) is 0 Å². The zero-order valence-corrected chi connectivity index (χ0v) is 11.0. The summed E-state index contributed by atoms with van der Waals surface area (Å²) in [4.78, 5) is 3.97. The Morgan fingerprint density at radius 1 is 1.28 bits per heavy atom. The van der Waals surface area contributed by atoms with Gasteiger partial charge in [-0.1, -0.05) is 29.3 Å². The highest BCUT2D eigenvalue weighted by Crippen LogP contribution is 2.29. The first-order valence-electron chi connectivity index (χ1n) is 5.40. The van der Waals surface area contributed by atoms with Gasteiger partial charge in [-0.2, -0.15) is 0 Å². The molecule has 0 radical (unpaired) electrons. The molecule has 1 heterocycles. The molecule has 1 aromatic heterocycles. The number of anilines is 1. The van der Waals surface area contributed by atoms with E-state index in [1.165, 1.54) is 0 Å². The molecule has 0 aliphatic rings. The second kappa shape index (κ2) is 5.57. The van der Waals surface area contributed by atoms with Gasteiger partial charge in [-0.15, -0.1) is 0 Å². The summed E-state index contributed by atoms with van der Waals surface area (Å²) in [6.07, 6.45) is 1.19. The number of nitrogens with two attached hydrogens (primary N) is 1. The van der Waals surface area contributed by atoms with Crippen molar-refractivity contribution in [2.24, 2.45) is 0 Å². The number of benzene rings is 1. The lowest BCUT2D eigenvalue weighted by molar-refractivity contribution is 0.178. The molecule has 0 aliphatic heterocycles. The molecule has 2 rings (SSSR count). The van der Waals surface area contributed by atoms with Gasteiger partial charge in [-0.3, -0.25) is 0 Å². The van der Waals surface area contributed by atoms with E-state index in [-0.39, 0.29) is 0 Å². The largest absolute Gasteiger partial charge is 0.388 e. The lowest BCUT2D eigenvalue weighted by Crippen LogP contribution is -2.06. The van der Waals surface area contributed by atoms with Crippen molar-refractivity contribution in [3.63, 3.8) is 0 Å². The van der Waals surface area contributed by atoms with Crippen LogP contribution in [0, 0.1) is 0 Å². The van der Waals surface area contributed by atoms with E-state index in [1.807, 2.05) is 6.07 Å². The van der Waals surface area contributed by atoms with Crippen molar-refractivity contribution in [3.8, 4) is 0 Å². The van der Waals surface area contributed by atoms with Gasteiger partial charge < -0.3 is 10.8 Å².